The van der Waals surface area contributed by atoms with Gasteiger partial charge in [-0.25, -0.2) is 13.8 Å². The highest BCUT2D eigenvalue weighted by Crippen LogP contribution is 2.39. The molecule has 3 nitrogen and oxygen atoms in total. The van der Waals surface area contributed by atoms with E-state index in [1.54, 1.807) is 6.07 Å². The highest BCUT2D eigenvalue weighted by Gasteiger charge is 2.19. The first-order valence-electron chi connectivity index (χ1n) is 8.40. The summed E-state index contributed by atoms with van der Waals surface area (Å²) in [5.74, 6) is -0.552. The normalized spacial score (nSPS) is 11.2. The van der Waals surface area contributed by atoms with Gasteiger partial charge in [0.1, 0.15) is 24.0 Å². The van der Waals surface area contributed by atoms with Crippen LogP contribution in [-0.2, 0) is 7.05 Å². The maximum absolute atomic E-state index is 13.9. The van der Waals surface area contributed by atoms with Crippen LogP contribution in [0.5, 0.6) is 0 Å². The lowest BCUT2D eigenvalue weighted by molar-refractivity contribution is -0.660. The minimum atomic E-state index is -0.552. The predicted octanol–water partition coefficient (Wildman–Crippen LogP) is 5.69. The van der Waals surface area contributed by atoms with Crippen LogP contribution in [0.2, 0.25) is 0 Å². The second kappa shape index (κ2) is 5.67. The Morgan fingerprint density at radius 3 is 2.50 bits per heavy atom. The topological polar surface area (TPSA) is 21.4 Å². The van der Waals surface area contributed by atoms with Gasteiger partial charge in [-0.05, 0) is 50.1 Å². The van der Waals surface area contributed by atoms with Gasteiger partial charge < -0.3 is 4.42 Å². The molecule has 0 aliphatic rings. The van der Waals surface area contributed by atoms with Gasteiger partial charge in [0.25, 0.3) is 5.69 Å². The summed E-state index contributed by atoms with van der Waals surface area (Å²) in [7, 11) is 2.02. The van der Waals surface area contributed by atoms with E-state index in [9.17, 15) is 4.39 Å². The van der Waals surface area contributed by atoms with Crippen molar-refractivity contribution in [3.63, 3.8) is 0 Å². The molecule has 0 spiro atoms. The number of aromatic nitrogens is 1. The third-order valence-electron chi connectivity index (χ3n) is 5.04. The van der Waals surface area contributed by atoms with Crippen molar-refractivity contribution >= 4 is 27.6 Å². The maximum Gasteiger partial charge on any atom is 0.264 e. The van der Waals surface area contributed by atoms with Gasteiger partial charge in [-0.3, -0.25) is 0 Å². The Morgan fingerprint density at radius 1 is 1.00 bits per heavy atom. The smallest absolute Gasteiger partial charge is 0.264 e. The van der Waals surface area contributed by atoms with Crippen molar-refractivity contribution in [2.75, 3.05) is 0 Å². The molecule has 0 bridgehead atoms. The van der Waals surface area contributed by atoms with Gasteiger partial charge in [0, 0.05) is 22.4 Å². The van der Waals surface area contributed by atoms with E-state index in [0.717, 1.165) is 27.6 Å². The average Bonchev–Trinajstić information content (AvgIpc) is 2.95. The van der Waals surface area contributed by atoms with Crippen molar-refractivity contribution in [2.45, 2.75) is 20.8 Å². The number of rotatable bonds is 1. The zero-order valence-electron chi connectivity index (χ0n) is 15.1. The zero-order chi connectivity index (χ0) is 18.6. The van der Waals surface area contributed by atoms with Crippen LogP contribution in [0.3, 0.4) is 0 Å². The van der Waals surface area contributed by atoms with Crippen molar-refractivity contribution < 1.29 is 13.4 Å². The molecule has 2 heterocycles. The highest BCUT2D eigenvalue weighted by molar-refractivity contribution is 6.10. The molecule has 0 atom stereocenters. The third-order valence-corrected chi connectivity index (χ3v) is 5.04. The number of fused-ring (bicyclic) bond motifs is 3. The summed E-state index contributed by atoms with van der Waals surface area (Å²) in [4.78, 5) is 3.31. The van der Waals surface area contributed by atoms with Gasteiger partial charge in [0.15, 0.2) is 6.20 Å². The second-order valence-corrected chi connectivity index (χ2v) is 6.79. The fourth-order valence-corrected chi connectivity index (χ4v) is 3.49. The molecule has 0 fully saturated rings. The lowest BCUT2D eigenvalue weighted by Crippen LogP contribution is -2.31. The van der Waals surface area contributed by atoms with Crippen LogP contribution < -0.4 is 4.57 Å². The molecule has 0 unspecified atom stereocenters. The summed E-state index contributed by atoms with van der Waals surface area (Å²) >= 11 is 0. The summed E-state index contributed by atoms with van der Waals surface area (Å²) in [5.41, 5.74) is 6.62. The first-order chi connectivity index (χ1) is 12.4. The number of hydrogen-bond acceptors (Lipinski definition) is 1. The highest BCUT2D eigenvalue weighted by atomic mass is 19.1. The molecule has 0 amide bonds. The van der Waals surface area contributed by atoms with Crippen LogP contribution >= 0.6 is 0 Å². The van der Waals surface area contributed by atoms with Gasteiger partial charge in [-0.2, -0.15) is 0 Å². The summed E-state index contributed by atoms with van der Waals surface area (Å²) in [6.45, 7) is 13.5. The number of nitrogens with zero attached hydrogens (tertiary/aromatic N) is 2. The fourth-order valence-electron chi connectivity index (χ4n) is 3.49. The van der Waals surface area contributed by atoms with E-state index in [1.165, 1.54) is 17.2 Å². The van der Waals surface area contributed by atoms with Gasteiger partial charge in [0.05, 0.1) is 12.1 Å². The molecule has 0 radical (unpaired) electrons. The predicted molar refractivity (Wildman–Crippen MR) is 101 cm³/mol. The van der Waals surface area contributed by atoms with Crippen LogP contribution in [0.1, 0.15) is 16.7 Å². The van der Waals surface area contributed by atoms with Crippen LogP contribution in [0.4, 0.5) is 10.1 Å². The molecule has 2 aromatic heterocycles. The van der Waals surface area contributed by atoms with Crippen LogP contribution in [0.25, 0.3) is 38.0 Å². The fraction of sp³-hybridized carbons (Fsp3) is 0.182. The number of benzene rings is 2. The Bertz CT molecular complexity index is 1250. The minimum Gasteiger partial charge on any atom is -0.467 e. The molecule has 26 heavy (non-hydrogen) atoms. The number of hydrogen-bond donors (Lipinski definition) is 0. The number of furan rings is 1. The van der Waals surface area contributed by atoms with Gasteiger partial charge in [-0.15, -0.1) is 0 Å². The molecule has 0 aliphatic carbocycles. The second-order valence-electron chi connectivity index (χ2n) is 6.79. The van der Waals surface area contributed by atoms with Crippen molar-refractivity contribution in [3.05, 3.63) is 70.5 Å². The number of pyridine rings is 1. The Morgan fingerprint density at radius 2 is 1.77 bits per heavy atom. The lowest BCUT2D eigenvalue weighted by atomic mass is 9.99. The molecular formula is C22H18FN2O+. The maximum atomic E-state index is 13.9. The minimum absolute atomic E-state index is 0.0605. The van der Waals surface area contributed by atoms with Crippen molar-refractivity contribution in [2.24, 2.45) is 7.05 Å². The lowest BCUT2D eigenvalue weighted by Gasteiger charge is -2.07. The average molecular weight is 345 g/mol. The standard InChI is InChI=1S/C22H18FN2O/c1-12-9-19(25(5)11-14(12)3)16-10-20-17(8-13(16)2)15-6-7-18(23)21(24-4)22(15)26-20/h6-11H,1-3,5H3/q+1. The summed E-state index contributed by atoms with van der Waals surface area (Å²) in [6, 6.07) is 9.21. The van der Waals surface area contributed by atoms with Gasteiger partial charge >= 0.3 is 0 Å². The van der Waals surface area contributed by atoms with E-state index in [4.69, 9.17) is 11.0 Å². The third kappa shape index (κ3) is 2.28. The summed E-state index contributed by atoms with van der Waals surface area (Å²) < 4.78 is 21.9. The Kier molecular flexibility index (Phi) is 3.55. The Balaban J connectivity index is 2.05. The number of aryl methyl sites for hydroxylation is 4. The molecule has 0 aliphatic heterocycles. The molecule has 4 heteroatoms. The first kappa shape index (κ1) is 16.3. The van der Waals surface area contributed by atoms with E-state index in [0.29, 0.717) is 11.2 Å². The van der Waals surface area contributed by atoms with Crippen LogP contribution in [0.15, 0.2) is 40.9 Å². The summed E-state index contributed by atoms with van der Waals surface area (Å²) in [6.07, 6.45) is 2.11. The molecule has 0 saturated carbocycles. The van der Waals surface area contributed by atoms with E-state index in [2.05, 4.69) is 48.5 Å². The monoisotopic (exact) mass is 345 g/mol. The molecular weight excluding hydrogens is 327 g/mol. The zero-order valence-corrected chi connectivity index (χ0v) is 15.1. The van der Waals surface area contributed by atoms with E-state index < -0.39 is 5.82 Å². The molecule has 0 N–H and O–H groups in total. The number of halogens is 1. The van der Waals surface area contributed by atoms with Crippen molar-refractivity contribution in [1.29, 1.82) is 0 Å². The largest absolute Gasteiger partial charge is 0.467 e. The Labute approximate surface area is 151 Å². The van der Waals surface area contributed by atoms with E-state index in [1.807, 2.05) is 13.1 Å². The molecule has 4 aromatic rings. The van der Waals surface area contributed by atoms with Crippen molar-refractivity contribution in [3.8, 4) is 11.3 Å². The molecule has 2 aromatic carbocycles. The van der Waals surface area contributed by atoms with Crippen LogP contribution in [-0.4, -0.2) is 0 Å². The van der Waals surface area contributed by atoms with E-state index >= 15 is 0 Å². The molecule has 4 rings (SSSR count). The van der Waals surface area contributed by atoms with Crippen LogP contribution in [0, 0.1) is 33.2 Å². The quantitative estimate of drug-likeness (QED) is 0.321. The molecule has 128 valence electrons. The molecule has 0 saturated heterocycles. The SMILES string of the molecule is [C-]#[N+]c1c(F)ccc2c1oc1cc(-c3cc(C)c(C)c[n+]3C)c(C)cc12. The first-order valence-corrected chi connectivity index (χ1v) is 8.40. The van der Waals surface area contributed by atoms with E-state index in [-0.39, 0.29) is 5.69 Å². The van der Waals surface area contributed by atoms with Crippen molar-refractivity contribution in [1.82, 2.24) is 0 Å². The van der Waals surface area contributed by atoms with Gasteiger partial charge in [-0.1, -0.05) is 6.07 Å². The van der Waals surface area contributed by atoms with Gasteiger partial charge in [0.2, 0.25) is 5.69 Å². The summed E-state index contributed by atoms with van der Waals surface area (Å²) in [5, 5.41) is 1.67. The Hall–Kier alpha value is -3.19.